The summed E-state index contributed by atoms with van der Waals surface area (Å²) in [5.41, 5.74) is 1.03. The molecule has 0 bridgehead atoms. The molecule has 2 aromatic rings. The Morgan fingerprint density at radius 1 is 1.00 bits per heavy atom. The van der Waals surface area contributed by atoms with Gasteiger partial charge in [0.15, 0.2) is 11.5 Å². The van der Waals surface area contributed by atoms with Crippen LogP contribution in [0.15, 0.2) is 42.5 Å². The average molecular weight is 214 g/mol. The van der Waals surface area contributed by atoms with Gasteiger partial charge in [-0.15, -0.1) is 5.75 Å². The van der Waals surface area contributed by atoms with Crippen LogP contribution in [0.25, 0.3) is 0 Å². The lowest BCUT2D eigenvalue weighted by atomic mass is 10.2. The summed E-state index contributed by atoms with van der Waals surface area (Å²) in [5, 5.41) is 22.2. The van der Waals surface area contributed by atoms with Gasteiger partial charge in [0, 0.05) is 0 Å². The van der Waals surface area contributed by atoms with Gasteiger partial charge in [0.2, 0.25) is 0 Å². The molecule has 0 spiro atoms. The zero-order valence-electron chi connectivity index (χ0n) is 8.25. The molecule has 1 aliphatic heterocycles. The molecule has 80 valence electrons. The van der Waals surface area contributed by atoms with Crippen LogP contribution in [0.4, 0.5) is 11.4 Å². The van der Waals surface area contributed by atoms with Crippen LogP contribution >= 0.6 is 0 Å². The number of fused-ring (bicyclic) bond motifs is 2. The van der Waals surface area contributed by atoms with E-state index in [0.717, 1.165) is 5.06 Å². The highest BCUT2D eigenvalue weighted by atomic mass is 16.5. The highest BCUT2D eigenvalue weighted by molar-refractivity contribution is 5.76. The van der Waals surface area contributed by atoms with E-state index in [1.54, 1.807) is 24.3 Å². The Morgan fingerprint density at radius 3 is 2.62 bits per heavy atom. The van der Waals surface area contributed by atoms with Gasteiger partial charge in [-0.2, -0.15) is 0 Å². The van der Waals surface area contributed by atoms with E-state index in [-0.39, 0.29) is 5.75 Å². The second kappa shape index (κ2) is 3.15. The first-order valence-electron chi connectivity index (χ1n) is 4.82. The summed E-state index contributed by atoms with van der Waals surface area (Å²) in [7, 11) is 0. The van der Waals surface area contributed by atoms with Crippen LogP contribution in [0, 0.1) is 0 Å². The smallest absolute Gasteiger partial charge is 0.153 e. The molecular formula is C12H8NO3-. The fourth-order valence-electron chi connectivity index (χ4n) is 1.72. The van der Waals surface area contributed by atoms with Crippen molar-refractivity contribution in [1.29, 1.82) is 0 Å². The minimum Gasteiger partial charge on any atom is -0.872 e. The number of para-hydroxylation sites is 2. The van der Waals surface area contributed by atoms with E-state index < -0.39 is 0 Å². The molecule has 1 heterocycles. The topological polar surface area (TPSA) is 55.8 Å². The molecule has 3 rings (SSSR count). The monoisotopic (exact) mass is 214 g/mol. The Labute approximate surface area is 91.9 Å². The molecule has 0 unspecified atom stereocenters. The summed E-state index contributed by atoms with van der Waals surface area (Å²) in [6, 6.07) is 11.4. The molecule has 0 saturated heterocycles. The van der Waals surface area contributed by atoms with E-state index in [9.17, 15) is 10.3 Å². The van der Waals surface area contributed by atoms with Gasteiger partial charge in [0.25, 0.3) is 0 Å². The predicted molar refractivity (Wildman–Crippen MR) is 56.3 cm³/mol. The van der Waals surface area contributed by atoms with Crippen molar-refractivity contribution in [2.75, 3.05) is 5.06 Å². The van der Waals surface area contributed by atoms with Crippen LogP contribution in [-0.2, 0) is 0 Å². The largest absolute Gasteiger partial charge is 0.872 e. The van der Waals surface area contributed by atoms with E-state index >= 15 is 0 Å². The van der Waals surface area contributed by atoms with E-state index in [1.165, 1.54) is 18.2 Å². The third-order valence-corrected chi connectivity index (χ3v) is 2.47. The fraction of sp³-hybridized carbons (Fsp3) is 0. The van der Waals surface area contributed by atoms with Gasteiger partial charge in [-0.3, -0.25) is 5.21 Å². The molecule has 0 saturated carbocycles. The summed E-state index contributed by atoms with van der Waals surface area (Å²) in [6.07, 6.45) is 0. The minimum absolute atomic E-state index is 0.147. The fourth-order valence-corrected chi connectivity index (χ4v) is 1.72. The van der Waals surface area contributed by atoms with Gasteiger partial charge in [-0.25, -0.2) is 5.06 Å². The van der Waals surface area contributed by atoms with Crippen molar-refractivity contribution in [2.24, 2.45) is 0 Å². The van der Waals surface area contributed by atoms with E-state index in [1.807, 2.05) is 0 Å². The zero-order chi connectivity index (χ0) is 11.1. The average Bonchev–Trinajstić information content (AvgIpc) is 2.29. The number of ether oxygens (including phenoxy) is 1. The lowest BCUT2D eigenvalue weighted by molar-refractivity contribution is -0.268. The Balaban J connectivity index is 2.18. The van der Waals surface area contributed by atoms with Crippen molar-refractivity contribution in [2.45, 2.75) is 0 Å². The van der Waals surface area contributed by atoms with Gasteiger partial charge in [-0.05, 0) is 24.3 Å². The van der Waals surface area contributed by atoms with Crippen molar-refractivity contribution < 1.29 is 15.1 Å². The maximum absolute atomic E-state index is 11.2. The normalized spacial score (nSPS) is 12.7. The van der Waals surface area contributed by atoms with Gasteiger partial charge < -0.3 is 9.84 Å². The van der Waals surface area contributed by atoms with E-state index in [2.05, 4.69) is 0 Å². The third kappa shape index (κ3) is 1.20. The lowest BCUT2D eigenvalue weighted by Crippen LogP contribution is -2.16. The van der Waals surface area contributed by atoms with E-state index in [0.29, 0.717) is 22.9 Å². The first-order chi connectivity index (χ1) is 7.75. The van der Waals surface area contributed by atoms with Gasteiger partial charge in [-0.1, -0.05) is 18.2 Å². The Morgan fingerprint density at radius 2 is 1.75 bits per heavy atom. The molecule has 1 N–H and O–H groups in total. The SMILES string of the molecule is [O-]c1ccc2c(c1)Oc1ccccc1N2O. The highest BCUT2D eigenvalue weighted by Crippen LogP contribution is 2.45. The Bertz CT molecular complexity index is 554. The lowest BCUT2D eigenvalue weighted by Gasteiger charge is -2.28. The number of rotatable bonds is 0. The van der Waals surface area contributed by atoms with Crippen molar-refractivity contribution in [3.63, 3.8) is 0 Å². The number of nitrogens with zero attached hydrogens (tertiary/aromatic N) is 1. The van der Waals surface area contributed by atoms with Crippen molar-refractivity contribution in [3.8, 4) is 17.2 Å². The molecule has 0 radical (unpaired) electrons. The Kier molecular flexibility index (Phi) is 1.78. The maximum atomic E-state index is 11.2. The quantitative estimate of drug-likeness (QED) is 0.731. The van der Waals surface area contributed by atoms with Crippen LogP contribution in [0.1, 0.15) is 0 Å². The summed E-state index contributed by atoms with van der Waals surface area (Å²) >= 11 is 0. The maximum Gasteiger partial charge on any atom is 0.153 e. The van der Waals surface area contributed by atoms with Gasteiger partial charge >= 0.3 is 0 Å². The van der Waals surface area contributed by atoms with Crippen molar-refractivity contribution in [3.05, 3.63) is 42.5 Å². The molecule has 0 amide bonds. The molecule has 0 aromatic heterocycles. The summed E-state index contributed by atoms with van der Waals surface area (Å²) in [5.74, 6) is 0.753. The van der Waals surface area contributed by atoms with Gasteiger partial charge in [0.05, 0.1) is 0 Å². The van der Waals surface area contributed by atoms with Crippen LogP contribution in [0.2, 0.25) is 0 Å². The third-order valence-electron chi connectivity index (χ3n) is 2.47. The highest BCUT2D eigenvalue weighted by Gasteiger charge is 2.22. The van der Waals surface area contributed by atoms with Crippen molar-refractivity contribution >= 4 is 11.4 Å². The summed E-state index contributed by atoms with van der Waals surface area (Å²) < 4.78 is 5.53. The van der Waals surface area contributed by atoms with Gasteiger partial charge in [0.1, 0.15) is 11.4 Å². The predicted octanol–water partition coefficient (Wildman–Crippen LogP) is 2.39. The molecule has 16 heavy (non-hydrogen) atoms. The summed E-state index contributed by atoms with van der Waals surface area (Å²) in [4.78, 5) is 0. The standard InChI is InChI=1S/C12H9NO3/c14-8-5-6-10-12(7-8)16-11-4-2-1-3-9(11)13(10)15/h1-7,14-15H/p-1. The van der Waals surface area contributed by atoms with Crippen LogP contribution in [0.3, 0.4) is 0 Å². The molecular weight excluding hydrogens is 206 g/mol. The van der Waals surface area contributed by atoms with Crippen molar-refractivity contribution in [1.82, 2.24) is 0 Å². The number of anilines is 2. The van der Waals surface area contributed by atoms with E-state index in [4.69, 9.17) is 4.74 Å². The number of benzene rings is 2. The number of hydrogen-bond acceptors (Lipinski definition) is 4. The number of hydrogen-bond donors (Lipinski definition) is 1. The van der Waals surface area contributed by atoms with Crippen LogP contribution in [-0.4, -0.2) is 5.21 Å². The summed E-state index contributed by atoms with van der Waals surface area (Å²) in [6.45, 7) is 0. The molecule has 4 heteroatoms. The molecule has 0 fully saturated rings. The van der Waals surface area contributed by atoms with Crippen LogP contribution < -0.4 is 14.9 Å². The Hall–Kier alpha value is -2.20. The second-order valence-electron chi connectivity index (χ2n) is 3.51. The molecule has 2 aromatic carbocycles. The molecule has 0 atom stereocenters. The second-order valence-corrected chi connectivity index (χ2v) is 3.51. The first-order valence-corrected chi connectivity index (χ1v) is 4.82. The van der Waals surface area contributed by atoms with Crippen LogP contribution in [0.5, 0.6) is 17.2 Å². The first kappa shape index (κ1) is 9.06. The molecule has 4 nitrogen and oxygen atoms in total. The molecule has 1 aliphatic rings. The minimum atomic E-state index is -0.147. The zero-order valence-corrected chi connectivity index (χ0v) is 8.25. The molecule has 0 aliphatic carbocycles.